The van der Waals surface area contributed by atoms with Gasteiger partial charge in [0.25, 0.3) is 5.91 Å². The molecule has 38 heavy (non-hydrogen) atoms. The SMILES string of the molecule is CO/N=C(\C(=O)N/C(=C/C1=C(C(=O)[O-])N2C(=O)C[C@H]2SC1)C[N+](C)(C)Cc1scnc1C)c1csc(N)n1. The van der Waals surface area contributed by atoms with Crippen LogP contribution >= 0.6 is 34.4 Å². The second-order valence-corrected chi connectivity index (χ2v) is 12.3. The number of aryl methyl sites for hydroxylation is 1. The van der Waals surface area contributed by atoms with Gasteiger partial charge in [0.2, 0.25) is 5.91 Å². The van der Waals surface area contributed by atoms with E-state index in [-0.39, 0.29) is 39.9 Å². The third-order valence-corrected chi connectivity index (χ3v) is 8.71. The quantitative estimate of drug-likeness (QED) is 0.176. The molecule has 0 aromatic carbocycles. The van der Waals surface area contributed by atoms with Gasteiger partial charge in [0, 0.05) is 11.1 Å². The van der Waals surface area contributed by atoms with E-state index in [0.29, 0.717) is 34.6 Å². The summed E-state index contributed by atoms with van der Waals surface area (Å²) in [4.78, 5) is 53.3. The summed E-state index contributed by atoms with van der Waals surface area (Å²) in [7, 11) is 5.29. The van der Waals surface area contributed by atoms with E-state index in [1.807, 2.05) is 21.0 Å². The zero-order chi connectivity index (χ0) is 27.6. The molecule has 0 bridgehead atoms. The Kier molecular flexibility index (Phi) is 8.20. The molecule has 0 saturated carbocycles. The van der Waals surface area contributed by atoms with Crippen LogP contribution in [0.15, 0.2) is 39.1 Å². The van der Waals surface area contributed by atoms with Crippen LogP contribution in [-0.2, 0) is 25.8 Å². The lowest BCUT2D eigenvalue weighted by atomic mass is 10.1. The van der Waals surface area contributed by atoms with E-state index in [2.05, 4.69) is 20.4 Å². The van der Waals surface area contributed by atoms with Crippen LogP contribution in [0.5, 0.6) is 0 Å². The van der Waals surface area contributed by atoms with Crippen LogP contribution in [0.1, 0.15) is 22.7 Å². The number of carbonyl (C=O) groups excluding carboxylic acids is 3. The molecule has 0 unspecified atom stereocenters. The van der Waals surface area contributed by atoms with Crippen molar-refractivity contribution in [1.29, 1.82) is 0 Å². The highest BCUT2D eigenvalue weighted by molar-refractivity contribution is 8.00. The van der Waals surface area contributed by atoms with Crippen molar-refractivity contribution in [2.45, 2.75) is 25.3 Å². The highest BCUT2D eigenvalue weighted by atomic mass is 32.2. The van der Waals surface area contributed by atoms with Crippen molar-refractivity contribution < 1.29 is 28.8 Å². The molecule has 1 atom stereocenters. The number of anilines is 1. The minimum absolute atomic E-state index is 0.0833. The fourth-order valence-corrected chi connectivity index (χ4v) is 6.91. The van der Waals surface area contributed by atoms with Gasteiger partial charge in [0.15, 0.2) is 10.8 Å². The number of thiazole rings is 2. The molecule has 0 aliphatic carbocycles. The van der Waals surface area contributed by atoms with Crippen molar-refractivity contribution in [1.82, 2.24) is 20.2 Å². The average molecular weight is 578 g/mol. The Balaban J connectivity index is 1.71. The van der Waals surface area contributed by atoms with Gasteiger partial charge >= 0.3 is 0 Å². The van der Waals surface area contributed by atoms with Crippen LogP contribution in [-0.4, -0.2) is 81.7 Å². The number of quaternary nitrogens is 1. The number of hydrogen-bond donors (Lipinski definition) is 2. The molecule has 3 N–H and O–H groups in total. The van der Waals surface area contributed by atoms with Crippen molar-refractivity contribution in [2.24, 2.45) is 5.16 Å². The number of β-lactam (4-membered cyclic amide) rings is 1. The number of aromatic nitrogens is 2. The Bertz CT molecular complexity index is 1360. The minimum Gasteiger partial charge on any atom is -0.543 e. The maximum atomic E-state index is 13.4. The van der Waals surface area contributed by atoms with Crippen molar-refractivity contribution in [2.75, 3.05) is 39.2 Å². The van der Waals surface area contributed by atoms with E-state index in [0.717, 1.165) is 21.9 Å². The number of nitrogens with two attached hydrogens (primary N) is 1. The summed E-state index contributed by atoms with van der Waals surface area (Å²) in [5.74, 6) is -1.96. The number of fused-ring (bicyclic) bond motifs is 1. The molecular weight excluding hydrogens is 550 g/mol. The van der Waals surface area contributed by atoms with Crippen LogP contribution in [0.4, 0.5) is 5.13 Å². The van der Waals surface area contributed by atoms with Gasteiger partial charge in [-0.15, -0.1) is 34.4 Å². The molecule has 4 heterocycles. The van der Waals surface area contributed by atoms with E-state index in [1.165, 1.54) is 23.8 Å². The Morgan fingerprint density at radius 1 is 1.39 bits per heavy atom. The lowest BCUT2D eigenvalue weighted by Gasteiger charge is -2.45. The second kappa shape index (κ2) is 11.2. The van der Waals surface area contributed by atoms with Crippen LogP contribution in [0.2, 0.25) is 0 Å². The first-order chi connectivity index (χ1) is 18.0. The van der Waals surface area contributed by atoms with Gasteiger partial charge in [-0.3, -0.25) is 14.5 Å². The Morgan fingerprint density at radius 2 is 2.16 bits per heavy atom. The van der Waals surface area contributed by atoms with E-state index >= 15 is 0 Å². The molecule has 12 nitrogen and oxygen atoms in total. The number of hydrogen-bond acceptors (Lipinski definition) is 12. The first kappa shape index (κ1) is 27.8. The van der Waals surface area contributed by atoms with Gasteiger partial charge in [-0.2, -0.15) is 0 Å². The number of carboxylic acids is 1. The number of nitrogen functional groups attached to an aromatic ring is 1. The van der Waals surface area contributed by atoms with Crippen LogP contribution in [0, 0.1) is 6.92 Å². The summed E-state index contributed by atoms with van der Waals surface area (Å²) in [6.45, 7) is 2.88. The molecule has 2 amide bonds. The number of amides is 2. The standard InChI is InChI=1S/C23H27N7O5S3/c1-12-16(38-11-25-12)8-30(2,3)7-14(26-21(32)19(28-35-4)15-10-37-23(24)27-15)5-13-9-36-18-6-17(31)29(18)20(13)22(33)34/h5,10-11,18H,6-9H2,1-4H3,(H3-,24,26,27,32,33,34)/b14-5+,28-19-/t18-/m1/s1. The van der Waals surface area contributed by atoms with E-state index in [9.17, 15) is 19.5 Å². The van der Waals surface area contributed by atoms with Crippen LogP contribution < -0.4 is 16.2 Å². The van der Waals surface area contributed by atoms with Gasteiger partial charge in [0.1, 0.15) is 25.9 Å². The number of nitrogens with one attached hydrogen (secondary N) is 1. The zero-order valence-electron chi connectivity index (χ0n) is 21.2. The van der Waals surface area contributed by atoms with E-state index < -0.39 is 11.9 Å². The van der Waals surface area contributed by atoms with Crippen LogP contribution in [0.3, 0.4) is 0 Å². The molecule has 2 aromatic heterocycles. The number of carbonyl (C=O) groups is 3. The number of allylic oxidation sites excluding steroid dienone is 1. The van der Waals surface area contributed by atoms with E-state index in [4.69, 9.17) is 10.6 Å². The van der Waals surface area contributed by atoms with Crippen molar-refractivity contribution in [3.05, 3.63) is 50.2 Å². The largest absolute Gasteiger partial charge is 0.543 e. The summed E-state index contributed by atoms with van der Waals surface area (Å²) in [6, 6.07) is 0. The smallest absolute Gasteiger partial charge is 0.279 e. The maximum absolute atomic E-state index is 13.4. The third kappa shape index (κ3) is 6.06. The first-order valence-electron chi connectivity index (χ1n) is 11.4. The average Bonchev–Trinajstić information content (AvgIpc) is 3.44. The number of thioether (sulfide) groups is 1. The summed E-state index contributed by atoms with van der Waals surface area (Å²) in [5.41, 5.74) is 9.26. The van der Waals surface area contributed by atoms with Gasteiger partial charge in [-0.05, 0) is 18.6 Å². The number of nitrogens with zero attached hydrogens (tertiary/aromatic N) is 5. The predicted octanol–water partition coefficient (Wildman–Crippen LogP) is 0.427. The van der Waals surface area contributed by atoms with Crippen LogP contribution in [0.25, 0.3) is 0 Å². The number of aliphatic carboxylic acids is 1. The van der Waals surface area contributed by atoms with E-state index in [1.54, 1.807) is 28.3 Å². The topological polar surface area (TPSA) is 163 Å². The predicted molar refractivity (Wildman–Crippen MR) is 144 cm³/mol. The second-order valence-electron chi connectivity index (χ2n) is 9.32. The van der Waals surface area contributed by atoms with Gasteiger partial charge in [-0.1, -0.05) is 5.16 Å². The molecule has 1 saturated heterocycles. The normalized spacial score (nSPS) is 18.3. The molecule has 2 aromatic rings. The summed E-state index contributed by atoms with van der Waals surface area (Å²) >= 11 is 4.17. The Hall–Kier alpha value is -3.27. The van der Waals surface area contributed by atoms with Crippen molar-refractivity contribution in [3.63, 3.8) is 0 Å². The molecule has 1 fully saturated rings. The molecule has 0 radical (unpaired) electrons. The van der Waals surface area contributed by atoms with Crippen molar-refractivity contribution in [3.8, 4) is 0 Å². The minimum atomic E-state index is -1.44. The molecule has 202 valence electrons. The summed E-state index contributed by atoms with van der Waals surface area (Å²) in [6.07, 6.45) is 1.89. The zero-order valence-corrected chi connectivity index (χ0v) is 23.7. The molecule has 0 spiro atoms. The number of rotatable bonds is 10. The molecule has 4 rings (SSSR count). The lowest BCUT2D eigenvalue weighted by molar-refractivity contribution is -0.898. The number of carboxylic acid groups (broad SMARTS) is 1. The number of oxime groups is 1. The van der Waals surface area contributed by atoms with Crippen molar-refractivity contribution >= 4 is 63.1 Å². The monoisotopic (exact) mass is 577 g/mol. The molecule has 2 aliphatic rings. The fraction of sp³-hybridized carbons (Fsp3) is 0.391. The summed E-state index contributed by atoms with van der Waals surface area (Å²) in [5, 5.41) is 20.4. The van der Waals surface area contributed by atoms with Gasteiger partial charge in [-0.25, -0.2) is 9.97 Å². The highest BCUT2D eigenvalue weighted by Gasteiger charge is 2.43. The molecule has 15 heteroatoms. The molecular formula is C23H27N7O5S3. The number of likely N-dealkylation sites (N-methyl/N-ethyl adjacent to an activating group) is 1. The van der Waals surface area contributed by atoms with Gasteiger partial charge < -0.3 is 30.3 Å². The highest BCUT2D eigenvalue weighted by Crippen LogP contribution is 2.40. The third-order valence-electron chi connectivity index (χ3n) is 5.88. The first-order valence-corrected chi connectivity index (χ1v) is 14.2. The summed E-state index contributed by atoms with van der Waals surface area (Å²) < 4.78 is 0.419. The maximum Gasteiger partial charge on any atom is 0.279 e. The lowest BCUT2D eigenvalue weighted by Crippen LogP contribution is -2.55. The van der Waals surface area contributed by atoms with Gasteiger partial charge in [0.05, 0.1) is 59.3 Å². The molecule has 2 aliphatic heterocycles. The Morgan fingerprint density at radius 3 is 2.74 bits per heavy atom. The fourth-order valence-electron chi connectivity index (χ4n) is 4.15. The Labute approximate surface area is 231 Å².